The van der Waals surface area contributed by atoms with Crippen LogP contribution in [0.5, 0.6) is 0 Å². The Labute approximate surface area is 111 Å². The van der Waals surface area contributed by atoms with Gasteiger partial charge < -0.3 is 4.98 Å². The minimum atomic E-state index is 0.896. The zero-order chi connectivity index (χ0) is 12.5. The molecule has 0 aliphatic heterocycles. The summed E-state index contributed by atoms with van der Waals surface area (Å²) in [6, 6.07) is 0. The van der Waals surface area contributed by atoms with Gasteiger partial charge in [-0.1, -0.05) is 52.4 Å². The number of aryl methyl sites for hydroxylation is 2. The average Bonchev–Trinajstić information content (AvgIpc) is 2.65. The third kappa shape index (κ3) is 5.62. The number of rotatable bonds is 9. The Balaban J connectivity index is 2.20. The van der Waals surface area contributed by atoms with Gasteiger partial charge in [0.15, 0.2) is 0 Å². The second-order valence-corrected chi connectivity index (χ2v) is 5.18. The minimum absolute atomic E-state index is 0.896. The van der Waals surface area contributed by atoms with Crippen LogP contribution in [0.1, 0.15) is 70.3 Å². The molecule has 0 saturated heterocycles. The number of H-pyrrole nitrogens is 1. The molecule has 1 aromatic rings. The van der Waals surface area contributed by atoms with E-state index in [-0.39, 0.29) is 0 Å². The smallest absolute Gasteiger partial charge is 0.114 e. The van der Waals surface area contributed by atoms with Gasteiger partial charge in [-0.15, -0.1) is 12.6 Å². The van der Waals surface area contributed by atoms with Crippen molar-refractivity contribution in [1.82, 2.24) is 9.97 Å². The quantitative estimate of drug-likeness (QED) is 0.491. The summed E-state index contributed by atoms with van der Waals surface area (Å²) in [4.78, 5) is 7.87. The summed E-state index contributed by atoms with van der Waals surface area (Å²) < 4.78 is 0. The molecule has 1 rings (SSSR count). The fourth-order valence-electron chi connectivity index (χ4n) is 2.07. The normalized spacial score (nSPS) is 11.0. The molecule has 0 unspecified atom stereocenters. The Morgan fingerprint density at radius 3 is 2.35 bits per heavy atom. The molecule has 0 aliphatic carbocycles. The maximum atomic E-state index is 4.47. The molecule has 17 heavy (non-hydrogen) atoms. The number of thiol groups is 1. The summed E-state index contributed by atoms with van der Waals surface area (Å²) >= 11 is 4.40. The van der Waals surface area contributed by atoms with E-state index >= 15 is 0 Å². The van der Waals surface area contributed by atoms with Crippen molar-refractivity contribution in [1.29, 1.82) is 0 Å². The van der Waals surface area contributed by atoms with Crippen LogP contribution in [0.4, 0.5) is 0 Å². The Bertz CT molecular complexity index is 307. The zero-order valence-electron chi connectivity index (χ0n) is 11.3. The topological polar surface area (TPSA) is 28.7 Å². The van der Waals surface area contributed by atoms with Crippen LogP contribution in [0.25, 0.3) is 0 Å². The molecule has 0 aromatic carbocycles. The van der Waals surface area contributed by atoms with Gasteiger partial charge in [0.1, 0.15) is 10.9 Å². The molecular formula is C14H26N2S. The molecule has 1 N–H and O–H groups in total. The van der Waals surface area contributed by atoms with Gasteiger partial charge in [0.2, 0.25) is 0 Å². The highest BCUT2D eigenvalue weighted by molar-refractivity contribution is 7.80. The molecule has 0 atom stereocenters. The van der Waals surface area contributed by atoms with E-state index in [9.17, 15) is 0 Å². The average molecular weight is 254 g/mol. The standard InChI is InChI=1S/C14H26N2S/c1-3-5-6-7-8-9-11-13-15-12(10-4-2)14(17)16-13/h17H,3-11H2,1-2H3,(H,15,16). The van der Waals surface area contributed by atoms with Crippen LogP contribution >= 0.6 is 12.6 Å². The van der Waals surface area contributed by atoms with Crippen molar-refractivity contribution in [2.24, 2.45) is 0 Å². The zero-order valence-corrected chi connectivity index (χ0v) is 12.2. The van der Waals surface area contributed by atoms with Crippen molar-refractivity contribution >= 4 is 12.6 Å². The SMILES string of the molecule is CCCCCCCCc1nc(S)c(CCC)[nH]1. The number of hydrogen-bond donors (Lipinski definition) is 2. The van der Waals surface area contributed by atoms with Crippen molar-refractivity contribution < 1.29 is 0 Å². The van der Waals surface area contributed by atoms with Gasteiger partial charge in [0, 0.05) is 12.1 Å². The molecule has 1 heterocycles. The lowest BCUT2D eigenvalue weighted by atomic mass is 10.1. The molecule has 3 heteroatoms. The minimum Gasteiger partial charge on any atom is -0.345 e. The summed E-state index contributed by atoms with van der Waals surface area (Å²) in [5, 5.41) is 0.896. The van der Waals surface area contributed by atoms with E-state index in [0.29, 0.717) is 0 Å². The lowest BCUT2D eigenvalue weighted by molar-refractivity contribution is 0.601. The van der Waals surface area contributed by atoms with Crippen LogP contribution in [0.2, 0.25) is 0 Å². The molecule has 0 fully saturated rings. The largest absolute Gasteiger partial charge is 0.345 e. The number of hydrogen-bond acceptors (Lipinski definition) is 2. The Morgan fingerprint density at radius 2 is 1.65 bits per heavy atom. The molecule has 0 aliphatic rings. The first kappa shape index (κ1) is 14.6. The number of nitrogens with one attached hydrogen (secondary N) is 1. The maximum absolute atomic E-state index is 4.47. The second-order valence-electron chi connectivity index (χ2n) is 4.75. The third-order valence-corrected chi connectivity index (χ3v) is 3.44. The van der Waals surface area contributed by atoms with Crippen LogP contribution in [0.3, 0.4) is 0 Å². The highest BCUT2D eigenvalue weighted by atomic mass is 32.1. The molecule has 1 aromatic heterocycles. The van der Waals surface area contributed by atoms with Crippen LogP contribution in [0.15, 0.2) is 5.03 Å². The summed E-state index contributed by atoms with van der Waals surface area (Å²) in [6.07, 6.45) is 11.3. The molecule has 98 valence electrons. The molecule has 2 nitrogen and oxygen atoms in total. The van der Waals surface area contributed by atoms with Crippen LogP contribution < -0.4 is 0 Å². The van der Waals surface area contributed by atoms with E-state index in [1.54, 1.807) is 0 Å². The summed E-state index contributed by atoms with van der Waals surface area (Å²) in [6.45, 7) is 4.44. The van der Waals surface area contributed by atoms with E-state index in [2.05, 4.69) is 36.4 Å². The second kappa shape index (κ2) is 8.62. The number of aromatic nitrogens is 2. The van der Waals surface area contributed by atoms with Crippen molar-refractivity contribution in [2.45, 2.75) is 76.7 Å². The van der Waals surface area contributed by atoms with Crippen LogP contribution in [-0.4, -0.2) is 9.97 Å². The van der Waals surface area contributed by atoms with E-state index in [1.807, 2.05) is 0 Å². The molecular weight excluding hydrogens is 228 g/mol. The number of unbranched alkanes of at least 4 members (excludes halogenated alkanes) is 5. The maximum Gasteiger partial charge on any atom is 0.114 e. The number of aromatic amines is 1. The van der Waals surface area contributed by atoms with Gasteiger partial charge in [-0.05, 0) is 12.8 Å². The van der Waals surface area contributed by atoms with Crippen molar-refractivity contribution in [3.8, 4) is 0 Å². The first-order valence-corrected chi connectivity index (χ1v) is 7.49. The van der Waals surface area contributed by atoms with Crippen molar-refractivity contribution in [2.75, 3.05) is 0 Å². The molecule has 0 saturated carbocycles. The Hall–Kier alpha value is -0.440. The van der Waals surface area contributed by atoms with Gasteiger partial charge in [-0.3, -0.25) is 0 Å². The third-order valence-electron chi connectivity index (χ3n) is 3.07. The highest BCUT2D eigenvalue weighted by Crippen LogP contribution is 2.14. The Morgan fingerprint density at radius 1 is 0.941 bits per heavy atom. The van der Waals surface area contributed by atoms with Gasteiger partial charge in [-0.25, -0.2) is 4.98 Å². The lowest BCUT2D eigenvalue weighted by Crippen LogP contribution is -1.90. The molecule has 0 spiro atoms. The predicted octanol–water partition coefficient (Wildman–Crippen LogP) is 4.55. The van der Waals surface area contributed by atoms with E-state index in [4.69, 9.17) is 0 Å². The fourth-order valence-corrected chi connectivity index (χ4v) is 2.36. The molecule has 0 amide bonds. The van der Waals surface area contributed by atoms with Gasteiger partial charge >= 0.3 is 0 Å². The van der Waals surface area contributed by atoms with E-state index in [1.165, 1.54) is 44.2 Å². The monoisotopic (exact) mass is 254 g/mol. The van der Waals surface area contributed by atoms with Crippen molar-refractivity contribution in [3.05, 3.63) is 11.5 Å². The fraction of sp³-hybridized carbons (Fsp3) is 0.786. The van der Waals surface area contributed by atoms with Gasteiger partial charge in [-0.2, -0.15) is 0 Å². The Kier molecular flexibility index (Phi) is 7.41. The van der Waals surface area contributed by atoms with Crippen LogP contribution in [-0.2, 0) is 12.8 Å². The number of nitrogens with zero attached hydrogens (tertiary/aromatic N) is 1. The highest BCUT2D eigenvalue weighted by Gasteiger charge is 2.05. The van der Waals surface area contributed by atoms with Gasteiger partial charge in [0.05, 0.1) is 0 Å². The van der Waals surface area contributed by atoms with Crippen molar-refractivity contribution in [3.63, 3.8) is 0 Å². The first-order chi connectivity index (χ1) is 8.27. The molecule has 0 radical (unpaired) electrons. The predicted molar refractivity (Wildman–Crippen MR) is 76.9 cm³/mol. The summed E-state index contributed by atoms with van der Waals surface area (Å²) in [7, 11) is 0. The lowest BCUT2D eigenvalue weighted by Gasteiger charge is -1.99. The van der Waals surface area contributed by atoms with E-state index < -0.39 is 0 Å². The number of imidazole rings is 1. The van der Waals surface area contributed by atoms with Gasteiger partial charge in [0.25, 0.3) is 0 Å². The summed E-state index contributed by atoms with van der Waals surface area (Å²) in [5.41, 5.74) is 1.21. The summed E-state index contributed by atoms with van der Waals surface area (Å²) in [5.74, 6) is 1.12. The van der Waals surface area contributed by atoms with E-state index in [0.717, 1.165) is 30.1 Å². The molecule has 0 bridgehead atoms. The van der Waals surface area contributed by atoms with Crippen LogP contribution in [0, 0.1) is 0 Å². The first-order valence-electron chi connectivity index (χ1n) is 7.04.